The molecule has 2 heterocycles. The summed E-state index contributed by atoms with van der Waals surface area (Å²) in [7, 11) is 0. The van der Waals surface area contributed by atoms with Crippen molar-refractivity contribution in [2.24, 2.45) is 0 Å². The molecule has 0 aromatic carbocycles. The van der Waals surface area contributed by atoms with Crippen LogP contribution in [-0.4, -0.2) is 29.0 Å². The summed E-state index contributed by atoms with van der Waals surface area (Å²) < 4.78 is 4.32. The predicted molar refractivity (Wildman–Crippen MR) is 68.0 cm³/mol. The van der Waals surface area contributed by atoms with Gasteiger partial charge in [0.2, 0.25) is 0 Å². The molecule has 0 bridgehead atoms. The number of nitrogens with two attached hydrogens (primary N) is 1. The van der Waals surface area contributed by atoms with Crippen LogP contribution in [0.25, 0.3) is 0 Å². The molecule has 15 heavy (non-hydrogen) atoms. The maximum Gasteiger partial charge on any atom is 0.142 e. The van der Waals surface area contributed by atoms with Crippen LogP contribution in [-0.2, 0) is 0 Å². The predicted octanol–water partition coefficient (Wildman–Crippen LogP) is 2.16. The Morgan fingerprint density at radius 1 is 1.27 bits per heavy atom. The van der Waals surface area contributed by atoms with Crippen molar-refractivity contribution in [2.75, 3.05) is 35.2 Å². The summed E-state index contributed by atoms with van der Waals surface area (Å²) in [5.41, 5.74) is 7.31. The number of rotatable bonds is 2. The van der Waals surface area contributed by atoms with Crippen molar-refractivity contribution in [3.05, 3.63) is 5.56 Å². The molecule has 5 heteroatoms. The largest absolute Gasteiger partial charge is 0.383 e. The normalized spacial score (nSPS) is 22.0. The Morgan fingerprint density at radius 3 is 2.67 bits per heavy atom. The van der Waals surface area contributed by atoms with E-state index in [1.807, 2.05) is 11.8 Å². The summed E-state index contributed by atoms with van der Waals surface area (Å²) >= 11 is 3.63. The highest BCUT2D eigenvalue weighted by molar-refractivity contribution is 7.99. The van der Waals surface area contributed by atoms with Crippen molar-refractivity contribution in [3.8, 4) is 0 Å². The van der Waals surface area contributed by atoms with E-state index in [0.29, 0.717) is 5.92 Å². The van der Waals surface area contributed by atoms with E-state index >= 15 is 0 Å². The standard InChI is InChI=1S/C10H15N3S2/c11-9-8(7-1-2-7)10(15-12-9)13-3-5-14-6-4-13/h7H,1-6H2,(H2,11,12). The smallest absolute Gasteiger partial charge is 0.142 e. The summed E-state index contributed by atoms with van der Waals surface area (Å²) in [6, 6.07) is 0. The molecule has 2 N–H and O–H groups in total. The van der Waals surface area contributed by atoms with E-state index in [4.69, 9.17) is 5.73 Å². The Hall–Kier alpha value is -0.420. The van der Waals surface area contributed by atoms with E-state index in [-0.39, 0.29) is 0 Å². The Morgan fingerprint density at radius 2 is 2.00 bits per heavy atom. The van der Waals surface area contributed by atoms with Gasteiger partial charge in [-0.2, -0.15) is 16.1 Å². The minimum Gasteiger partial charge on any atom is -0.383 e. The fourth-order valence-corrected chi connectivity index (χ4v) is 3.90. The van der Waals surface area contributed by atoms with E-state index < -0.39 is 0 Å². The van der Waals surface area contributed by atoms with Crippen molar-refractivity contribution < 1.29 is 0 Å². The van der Waals surface area contributed by atoms with Crippen LogP contribution in [0.4, 0.5) is 10.8 Å². The maximum absolute atomic E-state index is 5.96. The first kappa shape index (κ1) is 9.78. The molecule has 1 aliphatic carbocycles. The SMILES string of the molecule is Nc1nsc(N2CCSCC2)c1C1CC1. The Kier molecular flexibility index (Phi) is 2.52. The van der Waals surface area contributed by atoms with Crippen LogP contribution in [0.15, 0.2) is 0 Å². The molecule has 3 nitrogen and oxygen atoms in total. The summed E-state index contributed by atoms with van der Waals surface area (Å²) in [6.45, 7) is 2.32. The fraction of sp³-hybridized carbons (Fsp3) is 0.700. The minimum absolute atomic E-state index is 0.716. The van der Waals surface area contributed by atoms with E-state index in [2.05, 4.69) is 9.27 Å². The lowest BCUT2D eigenvalue weighted by atomic mass is 10.2. The molecule has 0 atom stereocenters. The van der Waals surface area contributed by atoms with Gasteiger partial charge in [-0.15, -0.1) is 0 Å². The van der Waals surface area contributed by atoms with Crippen molar-refractivity contribution >= 4 is 34.1 Å². The lowest BCUT2D eigenvalue weighted by Gasteiger charge is -2.27. The van der Waals surface area contributed by atoms with Gasteiger partial charge in [0, 0.05) is 30.2 Å². The molecular weight excluding hydrogens is 226 g/mol. The van der Waals surface area contributed by atoms with Gasteiger partial charge < -0.3 is 10.6 Å². The first-order chi connectivity index (χ1) is 7.36. The van der Waals surface area contributed by atoms with Crippen molar-refractivity contribution in [1.29, 1.82) is 0 Å². The van der Waals surface area contributed by atoms with Gasteiger partial charge in [-0.3, -0.25) is 0 Å². The third kappa shape index (κ3) is 1.83. The molecule has 0 unspecified atom stereocenters. The average molecular weight is 241 g/mol. The number of nitrogen functional groups attached to an aromatic ring is 1. The molecule has 1 aromatic rings. The Labute approximate surface area is 98.2 Å². The molecule has 2 aliphatic rings. The van der Waals surface area contributed by atoms with Crippen LogP contribution >= 0.6 is 23.3 Å². The van der Waals surface area contributed by atoms with Crippen LogP contribution in [0.5, 0.6) is 0 Å². The van der Waals surface area contributed by atoms with Gasteiger partial charge in [-0.25, -0.2) is 0 Å². The summed E-state index contributed by atoms with van der Waals surface area (Å²) in [5.74, 6) is 3.98. The van der Waals surface area contributed by atoms with Crippen LogP contribution in [0, 0.1) is 0 Å². The van der Waals surface area contributed by atoms with E-state index in [9.17, 15) is 0 Å². The van der Waals surface area contributed by atoms with Crippen molar-refractivity contribution in [2.45, 2.75) is 18.8 Å². The lowest BCUT2D eigenvalue weighted by Crippen LogP contribution is -2.32. The number of anilines is 2. The zero-order chi connectivity index (χ0) is 10.3. The third-order valence-corrected chi connectivity index (χ3v) is 4.90. The fourth-order valence-electron chi connectivity index (χ4n) is 2.05. The number of thioether (sulfide) groups is 1. The molecule has 1 aliphatic heterocycles. The molecule has 0 radical (unpaired) electrons. The second-order valence-electron chi connectivity index (χ2n) is 4.16. The molecule has 2 fully saturated rings. The van der Waals surface area contributed by atoms with Gasteiger partial charge in [0.05, 0.1) is 0 Å². The highest BCUT2D eigenvalue weighted by Crippen LogP contribution is 2.49. The number of hydrogen-bond donors (Lipinski definition) is 1. The second kappa shape index (κ2) is 3.87. The molecule has 1 aromatic heterocycles. The average Bonchev–Trinajstić information content (AvgIpc) is 3.03. The first-order valence-corrected chi connectivity index (χ1v) is 7.37. The summed E-state index contributed by atoms with van der Waals surface area (Å²) in [4.78, 5) is 2.47. The lowest BCUT2D eigenvalue weighted by molar-refractivity contribution is 0.860. The molecule has 0 spiro atoms. The molecule has 1 saturated heterocycles. The van der Waals surface area contributed by atoms with Crippen LogP contribution < -0.4 is 10.6 Å². The minimum atomic E-state index is 0.716. The quantitative estimate of drug-likeness (QED) is 0.861. The summed E-state index contributed by atoms with van der Waals surface area (Å²) in [5, 5.41) is 1.36. The zero-order valence-corrected chi connectivity index (χ0v) is 10.2. The zero-order valence-electron chi connectivity index (χ0n) is 8.61. The van der Waals surface area contributed by atoms with Gasteiger partial charge in [-0.1, -0.05) is 0 Å². The topological polar surface area (TPSA) is 42.1 Å². The van der Waals surface area contributed by atoms with Gasteiger partial charge in [-0.05, 0) is 30.3 Å². The molecule has 0 amide bonds. The van der Waals surface area contributed by atoms with Crippen molar-refractivity contribution in [3.63, 3.8) is 0 Å². The molecular formula is C10H15N3S2. The van der Waals surface area contributed by atoms with E-state index in [0.717, 1.165) is 18.9 Å². The molecule has 1 saturated carbocycles. The van der Waals surface area contributed by atoms with Crippen molar-refractivity contribution in [1.82, 2.24) is 4.37 Å². The monoisotopic (exact) mass is 241 g/mol. The second-order valence-corrected chi connectivity index (χ2v) is 6.14. The maximum atomic E-state index is 5.96. The van der Waals surface area contributed by atoms with E-state index in [1.54, 1.807) is 11.5 Å². The van der Waals surface area contributed by atoms with Gasteiger partial charge >= 0.3 is 0 Å². The van der Waals surface area contributed by atoms with Crippen LogP contribution in [0.2, 0.25) is 0 Å². The van der Waals surface area contributed by atoms with Crippen LogP contribution in [0.3, 0.4) is 0 Å². The Bertz CT molecular complexity index is 354. The number of aromatic nitrogens is 1. The van der Waals surface area contributed by atoms with Gasteiger partial charge in [0.15, 0.2) is 0 Å². The summed E-state index contributed by atoms with van der Waals surface area (Å²) in [6.07, 6.45) is 2.61. The molecule has 3 rings (SSSR count). The number of nitrogens with zero attached hydrogens (tertiary/aromatic N) is 2. The van der Waals surface area contributed by atoms with Crippen LogP contribution in [0.1, 0.15) is 24.3 Å². The number of hydrogen-bond acceptors (Lipinski definition) is 5. The Balaban J connectivity index is 1.89. The van der Waals surface area contributed by atoms with Gasteiger partial charge in [0.1, 0.15) is 10.8 Å². The highest BCUT2D eigenvalue weighted by atomic mass is 32.2. The van der Waals surface area contributed by atoms with E-state index in [1.165, 1.54) is 34.9 Å². The van der Waals surface area contributed by atoms with Gasteiger partial charge in [0.25, 0.3) is 0 Å². The molecule has 82 valence electrons. The highest BCUT2D eigenvalue weighted by Gasteiger charge is 2.32. The first-order valence-electron chi connectivity index (χ1n) is 5.44. The third-order valence-electron chi connectivity index (χ3n) is 3.02.